The fourth-order valence-corrected chi connectivity index (χ4v) is 3.91. The van der Waals surface area contributed by atoms with E-state index in [2.05, 4.69) is 5.32 Å². The van der Waals surface area contributed by atoms with Crippen LogP contribution in [0.4, 0.5) is 15.8 Å². The molecule has 140 valence electrons. The average Bonchev–Trinajstić information content (AvgIpc) is 3.25. The second kappa shape index (κ2) is 7.22. The molecule has 2 aromatic carbocycles. The quantitative estimate of drug-likeness (QED) is 0.596. The first-order valence-corrected chi connectivity index (χ1v) is 9.67. The van der Waals surface area contributed by atoms with E-state index in [4.69, 9.17) is 11.6 Å². The molecule has 0 aliphatic carbocycles. The maximum atomic E-state index is 13.7. The molecular formula is C21H14ClFN2O2S. The molecule has 2 heterocycles. The molecule has 1 aliphatic rings. The Kier molecular flexibility index (Phi) is 4.75. The van der Waals surface area contributed by atoms with Gasteiger partial charge in [-0.2, -0.15) is 0 Å². The number of carbonyl (C=O) groups excluding carboxylic acids is 2. The Morgan fingerprint density at radius 1 is 1.04 bits per heavy atom. The lowest BCUT2D eigenvalue weighted by Crippen LogP contribution is -2.32. The summed E-state index contributed by atoms with van der Waals surface area (Å²) in [6.45, 7) is 1.87. The summed E-state index contributed by atoms with van der Waals surface area (Å²) < 4.78 is 13.7. The Balaban J connectivity index is 1.80. The van der Waals surface area contributed by atoms with Gasteiger partial charge in [0.1, 0.15) is 11.5 Å². The number of imide groups is 1. The monoisotopic (exact) mass is 412 g/mol. The van der Waals surface area contributed by atoms with E-state index < -0.39 is 17.6 Å². The molecule has 0 radical (unpaired) electrons. The maximum absolute atomic E-state index is 13.7. The fourth-order valence-electron chi connectivity index (χ4n) is 2.96. The molecule has 0 bridgehead atoms. The van der Waals surface area contributed by atoms with E-state index in [-0.39, 0.29) is 17.0 Å². The van der Waals surface area contributed by atoms with Crippen molar-refractivity contribution in [2.45, 2.75) is 6.92 Å². The number of hydrogen-bond acceptors (Lipinski definition) is 4. The van der Waals surface area contributed by atoms with Crippen molar-refractivity contribution in [3.05, 3.63) is 87.0 Å². The van der Waals surface area contributed by atoms with Crippen molar-refractivity contribution in [1.29, 1.82) is 0 Å². The molecule has 4 nitrogen and oxygen atoms in total. The highest BCUT2D eigenvalue weighted by atomic mass is 35.5. The van der Waals surface area contributed by atoms with Gasteiger partial charge >= 0.3 is 0 Å². The summed E-state index contributed by atoms with van der Waals surface area (Å²) in [6.07, 6.45) is 0. The third-order valence-corrected chi connectivity index (χ3v) is 5.65. The number of nitrogens with one attached hydrogen (secondary N) is 1. The van der Waals surface area contributed by atoms with Gasteiger partial charge in [-0.05, 0) is 54.3 Å². The third-order valence-electron chi connectivity index (χ3n) is 4.36. The van der Waals surface area contributed by atoms with Gasteiger partial charge in [-0.3, -0.25) is 9.59 Å². The molecule has 28 heavy (non-hydrogen) atoms. The first-order valence-electron chi connectivity index (χ1n) is 8.41. The van der Waals surface area contributed by atoms with E-state index >= 15 is 0 Å². The Bertz CT molecular complexity index is 1130. The first-order chi connectivity index (χ1) is 13.5. The largest absolute Gasteiger partial charge is 0.350 e. The van der Waals surface area contributed by atoms with Crippen LogP contribution in [0.3, 0.4) is 0 Å². The van der Waals surface area contributed by atoms with Gasteiger partial charge in [-0.25, -0.2) is 9.29 Å². The van der Waals surface area contributed by atoms with Gasteiger partial charge < -0.3 is 5.32 Å². The minimum absolute atomic E-state index is 0.136. The number of carbonyl (C=O) groups is 2. The van der Waals surface area contributed by atoms with Crippen molar-refractivity contribution in [1.82, 2.24) is 0 Å². The number of thiophene rings is 1. The summed E-state index contributed by atoms with van der Waals surface area (Å²) in [7, 11) is 0. The van der Waals surface area contributed by atoms with Crippen LogP contribution in [-0.2, 0) is 9.59 Å². The van der Waals surface area contributed by atoms with Gasteiger partial charge in [0.05, 0.1) is 11.3 Å². The van der Waals surface area contributed by atoms with Crippen LogP contribution < -0.4 is 10.2 Å². The van der Waals surface area contributed by atoms with Crippen LogP contribution in [-0.4, -0.2) is 11.8 Å². The van der Waals surface area contributed by atoms with Crippen molar-refractivity contribution >= 4 is 51.7 Å². The molecule has 1 aliphatic heterocycles. The normalized spacial score (nSPS) is 14.2. The van der Waals surface area contributed by atoms with Crippen molar-refractivity contribution in [3.8, 4) is 0 Å². The summed E-state index contributed by atoms with van der Waals surface area (Å²) in [6, 6.07) is 14.3. The van der Waals surface area contributed by atoms with Gasteiger partial charge in [0.15, 0.2) is 0 Å². The Labute approximate surface area is 169 Å². The Morgan fingerprint density at radius 2 is 1.86 bits per heavy atom. The molecule has 1 N–H and O–H groups in total. The number of anilines is 2. The number of halogens is 2. The van der Waals surface area contributed by atoms with E-state index in [9.17, 15) is 14.0 Å². The van der Waals surface area contributed by atoms with Crippen molar-refractivity contribution in [2.24, 2.45) is 0 Å². The molecule has 0 spiro atoms. The topological polar surface area (TPSA) is 49.4 Å². The summed E-state index contributed by atoms with van der Waals surface area (Å²) in [5.41, 5.74) is 2.05. The average molecular weight is 413 g/mol. The van der Waals surface area contributed by atoms with Crippen molar-refractivity contribution < 1.29 is 14.0 Å². The number of nitrogens with zero attached hydrogens (tertiary/aromatic N) is 1. The lowest BCUT2D eigenvalue weighted by atomic mass is 10.1. The molecular weight excluding hydrogens is 399 g/mol. The zero-order valence-electron chi connectivity index (χ0n) is 14.7. The fraction of sp³-hybridized carbons (Fsp3) is 0.0476. The van der Waals surface area contributed by atoms with Crippen molar-refractivity contribution in [3.63, 3.8) is 0 Å². The van der Waals surface area contributed by atoms with Gasteiger partial charge in [0.25, 0.3) is 11.8 Å². The van der Waals surface area contributed by atoms with E-state index in [0.29, 0.717) is 15.6 Å². The predicted octanol–water partition coefficient (Wildman–Crippen LogP) is 5.25. The lowest BCUT2D eigenvalue weighted by molar-refractivity contribution is -0.120. The third kappa shape index (κ3) is 3.21. The van der Waals surface area contributed by atoms with Crippen molar-refractivity contribution in [2.75, 3.05) is 10.2 Å². The van der Waals surface area contributed by atoms with E-state index in [0.717, 1.165) is 16.5 Å². The number of aryl methyl sites for hydroxylation is 1. The molecule has 7 heteroatoms. The highest BCUT2D eigenvalue weighted by Crippen LogP contribution is 2.36. The highest BCUT2D eigenvalue weighted by molar-refractivity contribution is 7.11. The zero-order chi connectivity index (χ0) is 19.8. The first kappa shape index (κ1) is 18.4. The predicted molar refractivity (Wildman–Crippen MR) is 110 cm³/mol. The van der Waals surface area contributed by atoms with Gasteiger partial charge in [-0.1, -0.05) is 29.8 Å². The van der Waals surface area contributed by atoms with Crippen LogP contribution in [0.1, 0.15) is 10.4 Å². The maximum Gasteiger partial charge on any atom is 0.282 e. The zero-order valence-corrected chi connectivity index (χ0v) is 16.3. The second-order valence-corrected chi connectivity index (χ2v) is 7.60. The molecule has 4 rings (SSSR count). The smallest absolute Gasteiger partial charge is 0.282 e. The van der Waals surface area contributed by atoms with Crippen LogP contribution in [0.15, 0.2) is 65.7 Å². The summed E-state index contributed by atoms with van der Waals surface area (Å²) in [5.74, 6) is -1.57. The van der Waals surface area contributed by atoms with Crippen LogP contribution in [0.5, 0.6) is 0 Å². The van der Waals surface area contributed by atoms with Crippen LogP contribution in [0, 0.1) is 12.7 Å². The van der Waals surface area contributed by atoms with Gasteiger partial charge in [0.2, 0.25) is 0 Å². The number of hydrogen-bond donors (Lipinski definition) is 1. The van der Waals surface area contributed by atoms with E-state index in [1.165, 1.54) is 29.5 Å². The van der Waals surface area contributed by atoms with Crippen LogP contribution in [0.2, 0.25) is 5.02 Å². The molecule has 3 aromatic rings. The van der Waals surface area contributed by atoms with E-state index in [1.807, 2.05) is 18.4 Å². The minimum atomic E-state index is -0.546. The minimum Gasteiger partial charge on any atom is -0.350 e. The number of benzene rings is 2. The Morgan fingerprint density at radius 3 is 2.54 bits per heavy atom. The number of rotatable bonds is 4. The van der Waals surface area contributed by atoms with Gasteiger partial charge in [-0.15, -0.1) is 11.3 Å². The molecule has 2 amide bonds. The van der Waals surface area contributed by atoms with Crippen LogP contribution in [0.25, 0.3) is 5.57 Å². The highest BCUT2D eigenvalue weighted by Gasteiger charge is 2.40. The molecule has 1 aromatic heterocycles. The molecule has 0 saturated heterocycles. The summed E-state index contributed by atoms with van der Waals surface area (Å²) in [5, 5.41) is 5.41. The Hall–Kier alpha value is -2.96. The molecule has 0 fully saturated rings. The summed E-state index contributed by atoms with van der Waals surface area (Å²) >= 11 is 7.53. The summed E-state index contributed by atoms with van der Waals surface area (Å²) in [4.78, 5) is 27.9. The standard InChI is InChI=1S/C21H14ClFN2O2S/c1-12-7-8-14(11-16(12)22)24-19-18(17-6-3-9-28-17)20(26)25(21(19)27)15-5-2-4-13(23)10-15/h2-11,24H,1H3. The molecule has 0 atom stereocenters. The van der Waals surface area contributed by atoms with E-state index in [1.54, 1.807) is 24.3 Å². The van der Waals surface area contributed by atoms with Crippen LogP contribution >= 0.6 is 22.9 Å². The molecule has 0 saturated carbocycles. The number of amides is 2. The SMILES string of the molecule is Cc1ccc(NC2=C(c3cccs3)C(=O)N(c3cccc(F)c3)C2=O)cc1Cl. The molecule has 0 unspecified atom stereocenters. The second-order valence-electron chi connectivity index (χ2n) is 6.24. The lowest BCUT2D eigenvalue weighted by Gasteiger charge is -2.15. The van der Waals surface area contributed by atoms with Gasteiger partial charge in [0, 0.05) is 15.6 Å².